The fourth-order valence-electron chi connectivity index (χ4n) is 0.0774. The van der Waals surface area contributed by atoms with Gasteiger partial charge in [-0.2, -0.15) is 0 Å². The summed E-state index contributed by atoms with van der Waals surface area (Å²) in [6.07, 6.45) is 0. The Bertz CT molecular complexity index is 66.3. The minimum absolute atomic E-state index is 0. The zero-order valence-electron chi connectivity index (χ0n) is 6.37. The van der Waals surface area contributed by atoms with Crippen LogP contribution in [-0.4, -0.2) is 28.8 Å². The minimum atomic E-state index is -0.914. The van der Waals surface area contributed by atoms with Gasteiger partial charge in [-0.15, -0.1) is 0 Å². The molecule has 0 radical (unpaired) electrons. The van der Waals surface area contributed by atoms with Crippen LogP contribution in [0, 0.1) is 0 Å². The van der Waals surface area contributed by atoms with Crippen molar-refractivity contribution in [2.24, 2.45) is 0 Å². The summed E-state index contributed by atoms with van der Waals surface area (Å²) in [5, 5.41) is 0. The van der Waals surface area contributed by atoms with Crippen molar-refractivity contribution < 1.29 is 38.9 Å². The fourth-order valence-corrected chi connectivity index (χ4v) is 0.232. The molecule has 0 N–H and O–H groups in total. The van der Waals surface area contributed by atoms with E-state index >= 15 is 0 Å². The molecule has 0 rings (SSSR count). The van der Waals surface area contributed by atoms with Crippen molar-refractivity contribution in [1.82, 2.24) is 0 Å². The van der Waals surface area contributed by atoms with E-state index in [0.29, 0.717) is 0 Å². The number of carbonyl (C=O) groups excluding carboxylic acids is 2. The average molecular weight is 126 g/mol. The first-order valence-corrected chi connectivity index (χ1v) is 2.36. The second kappa shape index (κ2) is 10.1. The first kappa shape index (κ1) is 10.9. The van der Waals surface area contributed by atoms with Gasteiger partial charge in [-0.3, -0.25) is 0 Å². The van der Waals surface area contributed by atoms with Crippen LogP contribution < -0.4 is 18.9 Å². The smallest absolute Gasteiger partial charge is 1.00 e. The summed E-state index contributed by atoms with van der Waals surface area (Å²) >= 11 is -0.914. The molecule has 0 heterocycles. The maximum Gasteiger partial charge on any atom is 1.00 e. The predicted molar refractivity (Wildman–Crippen MR) is 22.3 cm³/mol. The van der Waals surface area contributed by atoms with Crippen LogP contribution in [0.4, 0.5) is 0 Å². The summed E-state index contributed by atoms with van der Waals surface area (Å²) in [6.45, 7) is 0.470. The molecule has 0 unspecified atom stereocenters. The van der Waals surface area contributed by atoms with E-state index in [1.807, 2.05) is 0 Å². The molecular formula is C2H4AlLiO4. The van der Waals surface area contributed by atoms with Crippen molar-refractivity contribution in [3.63, 3.8) is 0 Å². The van der Waals surface area contributed by atoms with Crippen molar-refractivity contribution >= 4 is 28.8 Å². The van der Waals surface area contributed by atoms with Crippen LogP contribution in [0.2, 0.25) is 0 Å². The monoisotopic (exact) mass is 126 g/mol. The Hall–Kier alpha value is 0.0699. The molecule has 0 fully saturated rings. The summed E-state index contributed by atoms with van der Waals surface area (Å²) in [4.78, 5) is 18.6. The third-order valence-corrected chi connectivity index (χ3v) is 0.667. The van der Waals surface area contributed by atoms with Gasteiger partial charge < -0.3 is 2.85 Å². The number of carbonyl (C=O) groups is 2. The van der Waals surface area contributed by atoms with Crippen LogP contribution in [0.1, 0.15) is 2.85 Å². The molecule has 0 amide bonds. The van der Waals surface area contributed by atoms with Gasteiger partial charge in [0.2, 0.25) is 0 Å². The zero-order chi connectivity index (χ0) is 5.54. The molecule has 0 aromatic heterocycles. The first-order chi connectivity index (χ1) is 3.41. The van der Waals surface area contributed by atoms with Gasteiger partial charge in [-0.25, -0.2) is 0 Å². The maximum atomic E-state index is 9.28. The summed E-state index contributed by atoms with van der Waals surface area (Å²) < 4.78 is 8.05. The molecule has 0 atom stereocenters. The largest absolute Gasteiger partial charge is 1.00 e. The number of rotatable bonds is 4. The molecule has 0 aliphatic carbocycles. The predicted octanol–water partition coefficient (Wildman–Crippen LogP) is -3.90. The van der Waals surface area contributed by atoms with Crippen molar-refractivity contribution in [1.29, 1.82) is 0 Å². The summed E-state index contributed by atoms with van der Waals surface area (Å²) in [6, 6.07) is 0. The molecule has 0 aliphatic rings. The van der Waals surface area contributed by atoms with Gasteiger partial charge in [0.1, 0.15) is 0 Å². The Morgan fingerprint density at radius 2 is 1.62 bits per heavy atom. The van der Waals surface area contributed by atoms with E-state index < -0.39 is 15.9 Å². The maximum absolute atomic E-state index is 9.28. The van der Waals surface area contributed by atoms with Gasteiger partial charge in [0.05, 0.1) is 0 Å². The van der Waals surface area contributed by atoms with Gasteiger partial charge in [0.15, 0.2) is 0 Å². The van der Waals surface area contributed by atoms with Crippen LogP contribution in [0.15, 0.2) is 0 Å². The Balaban J connectivity index is -0.0000000600. The molecule has 0 aromatic carbocycles. The molecule has 0 bridgehead atoms. The average Bonchev–Trinajstić information content (AvgIpc) is 1.69. The van der Waals surface area contributed by atoms with E-state index in [2.05, 4.69) is 7.58 Å². The fraction of sp³-hybridized carbons (Fsp3) is 0. The van der Waals surface area contributed by atoms with Crippen LogP contribution in [0.3, 0.4) is 0 Å². The molecule has 8 heavy (non-hydrogen) atoms. The number of hydrogen-bond donors (Lipinski definition) is 0. The molecule has 0 saturated carbocycles. The molecule has 0 spiro atoms. The summed E-state index contributed by atoms with van der Waals surface area (Å²) in [7, 11) is 0. The Morgan fingerprint density at radius 1 is 1.25 bits per heavy atom. The van der Waals surface area contributed by atoms with E-state index in [9.17, 15) is 9.59 Å². The van der Waals surface area contributed by atoms with Crippen LogP contribution >= 0.6 is 0 Å². The van der Waals surface area contributed by atoms with Gasteiger partial charge in [0, 0.05) is 0 Å². The molecule has 4 nitrogen and oxygen atoms in total. The number of hydrogen-bond acceptors (Lipinski definition) is 4. The van der Waals surface area contributed by atoms with Crippen molar-refractivity contribution in [2.75, 3.05) is 0 Å². The van der Waals surface area contributed by atoms with Gasteiger partial charge in [0.25, 0.3) is 0 Å². The van der Waals surface area contributed by atoms with Gasteiger partial charge in [-0.05, 0) is 0 Å². The van der Waals surface area contributed by atoms with E-state index in [1.54, 1.807) is 0 Å². The quantitative estimate of drug-likeness (QED) is 0.219. The molecular weight excluding hydrogens is 122 g/mol. The molecule has 40 valence electrons. The molecule has 6 heteroatoms. The second-order valence-electron chi connectivity index (χ2n) is 0.561. The van der Waals surface area contributed by atoms with Crippen molar-refractivity contribution in [3.8, 4) is 0 Å². The van der Waals surface area contributed by atoms with Crippen molar-refractivity contribution in [3.05, 3.63) is 0 Å². The third kappa shape index (κ3) is 9.42. The summed E-state index contributed by atoms with van der Waals surface area (Å²) in [5.74, 6) is 0. The Kier molecular flexibility index (Phi) is 13.9. The Labute approximate surface area is 68.1 Å². The minimum Gasteiger partial charge on any atom is -1.00 e. The summed E-state index contributed by atoms with van der Waals surface area (Å²) in [5.41, 5.74) is 0. The van der Waals surface area contributed by atoms with Crippen LogP contribution in [0.25, 0.3) is 0 Å². The first-order valence-electron chi connectivity index (χ1n) is 1.41. The van der Waals surface area contributed by atoms with E-state index in [-0.39, 0.29) is 34.7 Å². The van der Waals surface area contributed by atoms with Gasteiger partial charge >= 0.3 is 64.9 Å². The molecule has 0 aromatic rings. The SMILES string of the molecule is O=C[O][Al+][O]C=O.[H-].[H-].[Li+]. The Morgan fingerprint density at radius 3 is 1.88 bits per heavy atom. The molecule has 0 saturated heterocycles. The second-order valence-corrected chi connectivity index (χ2v) is 1.30. The standard InChI is InChI=1S/2CH2O2.Al.Li.2H/c2*2-1-3;;;;/h2*1H,(H,2,3);;;;/q;;+3;+1;2*-1/p-2. The topological polar surface area (TPSA) is 52.6 Å². The zero-order valence-corrected chi connectivity index (χ0v) is 5.52. The third-order valence-electron chi connectivity index (χ3n) is 0.222. The normalized spacial score (nSPS) is 5.00. The van der Waals surface area contributed by atoms with E-state index in [4.69, 9.17) is 0 Å². The van der Waals surface area contributed by atoms with Crippen LogP contribution in [-0.2, 0) is 17.2 Å². The van der Waals surface area contributed by atoms with E-state index in [0.717, 1.165) is 0 Å². The van der Waals surface area contributed by atoms with E-state index in [1.165, 1.54) is 0 Å². The van der Waals surface area contributed by atoms with Gasteiger partial charge in [-0.1, -0.05) is 0 Å². The van der Waals surface area contributed by atoms with Crippen LogP contribution in [0.5, 0.6) is 0 Å². The molecule has 0 aliphatic heterocycles. The van der Waals surface area contributed by atoms with Crippen molar-refractivity contribution in [2.45, 2.75) is 0 Å².